The summed E-state index contributed by atoms with van der Waals surface area (Å²) in [6.45, 7) is 20.4. The molecule has 1 aliphatic carbocycles. The summed E-state index contributed by atoms with van der Waals surface area (Å²) in [4.78, 5) is 12.7. The number of aliphatic imine (C=N–C) groups is 1. The predicted octanol–water partition coefficient (Wildman–Crippen LogP) is 15.3. The van der Waals surface area contributed by atoms with E-state index in [2.05, 4.69) is 189 Å². The molecule has 1 aromatic heterocycles. The minimum Gasteiger partial charge on any atom is -0.510 e. The first-order chi connectivity index (χ1) is 29.8. The van der Waals surface area contributed by atoms with Gasteiger partial charge in [-0.3, -0.25) is 4.99 Å². The van der Waals surface area contributed by atoms with Crippen LogP contribution >= 0.6 is 0 Å². The third kappa shape index (κ3) is 8.68. The quantitative estimate of drug-likeness (QED) is 0.135. The second-order valence-corrected chi connectivity index (χ2v) is 19.9. The Bertz CT molecular complexity index is 2590. The van der Waals surface area contributed by atoms with Gasteiger partial charge in [0.25, 0.3) is 0 Å². The second-order valence-electron chi connectivity index (χ2n) is 19.9. The summed E-state index contributed by atoms with van der Waals surface area (Å²) in [5.41, 5.74) is 12.2. The van der Waals surface area contributed by atoms with Crippen LogP contribution in [0.3, 0.4) is 0 Å². The zero-order valence-electron chi connectivity index (χ0n) is 38.4. The fourth-order valence-corrected chi connectivity index (χ4v) is 10.1. The van der Waals surface area contributed by atoms with Crippen LogP contribution < -0.4 is 9.64 Å². The summed E-state index contributed by atoms with van der Waals surface area (Å²) in [7, 11) is 0. The van der Waals surface area contributed by atoms with E-state index in [4.69, 9.17) is 19.5 Å². The van der Waals surface area contributed by atoms with Gasteiger partial charge < -0.3 is 14.4 Å². The van der Waals surface area contributed by atoms with Crippen LogP contribution in [0, 0.1) is 18.1 Å². The molecule has 63 heavy (non-hydrogen) atoms. The maximum Gasteiger partial charge on any atom is 2.00 e. The van der Waals surface area contributed by atoms with Gasteiger partial charge in [0.15, 0.2) is 0 Å². The number of pyridine rings is 1. The number of fused-ring (bicyclic) bond motifs is 2. The van der Waals surface area contributed by atoms with Crippen molar-refractivity contribution in [2.75, 3.05) is 4.90 Å². The summed E-state index contributed by atoms with van der Waals surface area (Å²) in [5.74, 6) is 3.80. The third-order valence-corrected chi connectivity index (χ3v) is 13.5. The van der Waals surface area contributed by atoms with E-state index in [9.17, 15) is 0 Å². The Morgan fingerprint density at radius 3 is 2.14 bits per heavy atom. The monoisotopic (exact) mass is 1010 g/mol. The van der Waals surface area contributed by atoms with Crippen LogP contribution in [-0.4, -0.2) is 16.9 Å². The van der Waals surface area contributed by atoms with Gasteiger partial charge in [-0.15, -0.1) is 23.8 Å². The molecule has 0 radical (unpaired) electrons. The van der Waals surface area contributed by atoms with Crippen molar-refractivity contribution >= 4 is 23.1 Å². The maximum atomic E-state index is 7.02. The Balaban J connectivity index is 0.00000544. The van der Waals surface area contributed by atoms with E-state index in [-0.39, 0.29) is 44.0 Å². The average molecular weight is 1020 g/mol. The van der Waals surface area contributed by atoms with Crippen LogP contribution in [0.4, 0.5) is 17.2 Å². The molecule has 2 aliphatic heterocycles. The molecule has 326 valence electrons. The average Bonchev–Trinajstić information content (AvgIpc) is 3.72. The molecule has 0 bridgehead atoms. The summed E-state index contributed by atoms with van der Waals surface area (Å²) in [6, 6.07) is 46.6. The van der Waals surface area contributed by atoms with Crippen LogP contribution in [-0.2, 0) is 36.6 Å². The molecule has 2 atom stereocenters. The molecule has 1 fully saturated rings. The Morgan fingerprint density at radius 2 is 1.44 bits per heavy atom. The molecule has 6 heteroatoms. The first kappa shape index (κ1) is 44.6. The number of hydrogen-bond donors (Lipinski definition) is 0. The predicted molar refractivity (Wildman–Crippen MR) is 255 cm³/mol. The zero-order valence-corrected chi connectivity index (χ0v) is 40.6. The van der Waals surface area contributed by atoms with E-state index in [1.165, 1.54) is 65.5 Å². The molecule has 0 unspecified atom stereocenters. The molecule has 0 amide bonds. The molecule has 9 rings (SSSR count). The number of hydrogen-bond acceptors (Lipinski definition) is 5. The second kappa shape index (κ2) is 17.9. The van der Waals surface area contributed by atoms with E-state index in [0.717, 1.165) is 33.9 Å². The molecule has 0 saturated heterocycles. The smallest absolute Gasteiger partial charge is 0.510 e. The van der Waals surface area contributed by atoms with Crippen molar-refractivity contribution in [2.45, 2.75) is 129 Å². The van der Waals surface area contributed by atoms with Gasteiger partial charge in [0.2, 0.25) is 0 Å². The molecular formula is C57H61N3O2Pt. The first-order valence-corrected chi connectivity index (χ1v) is 22.9. The molecule has 6 aromatic rings. The van der Waals surface area contributed by atoms with Crippen molar-refractivity contribution in [3.05, 3.63) is 166 Å². The molecule has 1 saturated carbocycles. The van der Waals surface area contributed by atoms with Crippen molar-refractivity contribution in [2.24, 2.45) is 10.9 Å². The largest absolute Gasteiger partial charge is 2.00 e. The zero-order chi connectivity index (χ0) is 43.3. The molecule has 3 heterocycles. The van der Waals surface area contributed by atoms with Gasteiger partial charge in [0.05, 0.1) is 6.04 Å². The summed E-state index contributed by atoms with van der Waals surface area (Å²) < 4.78 is 14.0. The number of aromatic nitrogens is 1. The fraction of sp³-hybridized carbons (Fsp3) is 0.368. The van der Waals surface area contributed by atoms with Crippen molar-refractivity contribution in [3.63, 3.8) is 0 Å². The standard InChI is InChI=1S/C57H61N3O2.Pt/c1-36(2)45-23-18-24-46(37(3)4)52(45)40-31-41(55-59-53(38-19-12-10-13-20-38)54(62-55)39-21-14-11-15-22-39)33-44(32-40)61-43-27-28-48-50(35-43)60(49-26-17-16-25-47(49)57(48,8)9)51-34-42(29-30-58-51)56(5,6)7;/h11,14-18,21-32,34,36-38,53-54H,10,12-13,19-20H2,1-9H3;/q-2;+2/t53-,54-;/m1./s1. The van der Waals surface area contributed by atoms with Crippen molar-refractivity contribution in [3.8, 4) is 22.6 Å². The van der Waals surface area contributed by atoms with Crippen LogP contribution in [0.25, 0.3) is 11.1 Å². The number of rotatable bonds is 9. The number of para-hydroxylation sites is 1. The van der Waals surface area contributed by atoms with Crippen LogP contribution in [0.2, 0.25) is 0 Å². The minimum absolute atomic E-state index is 0. The van der Waals surface area contributed by atoms with Crippen LogP contribution in [0.5, 0.6) is 11.5 Å². The maximum absolute atomic E-state index is 7.02. The first-order valence-electron chi connectivity index (χ1n) is 22.9. The van der Waals surface area contributed by atoms with Gasteiger partial charge in [-0.25, -0.2) is 4.98 Å². The summed E-state index contributed by atoms with van der Waals surface area (Å²) in [5, 5.41) is 0. The molecule has 5 aromatic carbocycles. The fourth-order valence-electron chi connectivity index (χ4n) is 10.1. The molecule has 3 aliphatic rings. The Labute approximate surface area is 390 Å². The van der Waals surface area contributed by atoms with E-state index < -0.39 is 0 Å². The Hall–Kier alpha value is -4.99. The topological polar surface area (TPSA) is 47.0 Å². The Kier molecular flexibility index (Phi) is 12.7. The number of benzene rings is 5. The van der Waals surface area contributed by atoms with Crippen molar-refractivity contribution < 1.29 is 30.5 Å². The van der Waals surface area contributed by atoms with Gasteiger partial charge in [0, 0.05) is 23.4 Å². The third-order valence-electron chi connectivity index (χ3n) is 13.5. The molecule has 5 nitrogen and oxygen atoms in total. The van der Waals surface area contributed by atoms with Gasteiger partial charge >= 0.3 is 21.1 Å². The van der Waals surface area contributed by atoms with Crippen molar-refractivity contribution in [1.82, 2.24) is 4.98 Å². The van der Waals surface area contributed by atoms with Crippen LogP contribution in [0.15, 0.2) is 120 Å². The number of nitrogens with zero attached hydrogens (tertiary/aromatic N) is 3. The van der Waals surface area contributed by atoms with Gasteiger partial charge in [-0.2, -0.15) is 6.07 Å². The van der Waals surface area contributed by atoms with E-state index in [1.807, 2.05) is 6.20 Å². The van der Waals surface area contributed by atoms with Gasteiger partial charge in [0.1, 0.15) is 17.8 Å². The summed E-state index contributed by atoms with van der Waals surface area (Å²) in [6.07, 6.45) is 7.90. The number of ether oxygens (including phenoxy) is 2. The number of anilines is 3. The molecule has 0 N–H and O–H groups in total. The normalized spacial score (nSPS) is 18.3. The SMILES string of the molecule is CC(C)c1cccc(C(C)C)c1-c1cc(Oc2[c-]c3c(cc2)C(C)(C)c2ccccc2N3c2cc(C(C)(C)C)ccn2)[c-]c(C2=N[C@H](C3CCCCC3)[C@@H](c3ccccc3)O2)c1.[Pt+2]. The van der Waals surface area contributed by atoms with E-state index in [0.29, 0.717) is 35.2 Å². The molecular weight excluding hydrogens is 954 g/mol. The van der Waals surface area contributed by atoms with Crippen LogP contribution in [0.1, 0.15) is 151 Å². The Morgan fingerprint density at radius 1 is 0.746 bits per heavy atom. The summed E-state index contributed by atoms with van der Waals surface area (Å²) >= 11 is 0. The minimum atomic E-state index is -0.283. The van der Waals surface area contributed by atoms with Crippen molar-refractivity contribution in [1.29, 1.82) is 0 Å². The van der Waals surface area contributed by atoms with Gasteiger partial charge in [-0.05, 0) is 93.0 Å². The molecule has 0 spiro atoms. The van der Waals surface area contributed by atoms with E-state index >= 15 is 0 Å². The van der Waals surface area contributed by atoms with E-state index in [1.54, 1.807) is 0 Å². The van der Waals surface area contributed by atoms with Gasteiger partial charge in [-0.1, -0.05) is 177 Å².